The summed E-state index contributed by atoms with van der Waals surface area (Å²) in [6.45, 7) is 0. The van der Waals surface area contributed by atoms with Crippen molar-refractivity contribution in [3.05, 3.63) is 0 Å². The SMILES string of the molecule is O=S(=O)([O-])[O-].O=S(=O)([O-])[O-].[H-].[H-].[H-].[H-].[H-].[H-].[H-].[H-].[H-].[H-].[H-].[H-].[H-].[H-].[Mg+2].[Mg+2].[Mg+2].[Mg+2].[Mg+2].[Mg+2].[Mg+2].[Mg+2].[Mg+2]. The number of hydrogen-bond acceptors (Lipinski definition) is 8. The molecule has 19 heavy (non-hydrogen) atoms. The van der Waals surface area contributed by atoms with Crippen LogP contribution >= 0.6 is 0 Å². The van der Waals surface area contributed by atoms with E-state index >= 15 is 0 Å². The molecule has 0 spiro atoms. The molecule has 19 heteroatoms. The summed E-state index contributed by atoms with van der Waals surface area (Å²) in [4.78, 5) is 0. The first-order valence-electron chi connectivity index (χ1n) is 1.33. The van der Waals surface area contributed by atoms with Crippen molar-refractivity contribution in [2.24, 2.45) is 0 Å². The Balaban J connectivity index is -0.000000000994. The third-order valence-electron chi connectivity index (χ3n) is 0. The largest absolute Gasteiger partial charge is 2.00 e. The van der Waals surface area contributed by atoms with Crippen molar-refractivity contribution in [2.75, 3.05) is 0 Å². The first-order chi connectivity index (χ1) is 4.00. The van der Waals surface area contributed by atoms with Gasteiger partial charge in [0.2, 0.25) is 0 Å². The zero-order valence-electron chi connectivity index (χ0n) is 24.4. The fourth-order valence-corrected chi connectivity index (χ4v) is 0. The summed E-state index contributed by atoms with van der Waals surface area (Å²) >= 11 is 0. The van der Waals surface area contributed by atoms with E-state index in [1.54, 1.807) is 0 Å². The van der Waals surface area contributed by atoms with Crippen LogP contribution in [-0.2, 0) is 20.8 Å². The topological polar surface area (TPSA) is 161 Å². The van der Waals surface area contributed by atoms with Gasteiger partial charge in [0.05, 0.1) is 0 Å². The Bertz CT molecular complexity index is 255. The van der Waals surface area contributed by atoms with E-state index in [9.17, 15) is 0 Å². The maximum Gasteiger partial charge on any atom is 2.00 e. The van der Waals surface area contributed by atoms with Crippen LogP contribution in [0.4, 0.5) is 0 Å². The van der Waals surface area contributed by atoms with E-state index in [4.69, 9.17) is 35.0 Å². The van der Waals surface area contributed by atoms with Crippen LogP contribution in [0.15, 0.2) is 0 Å². The molecule has 0 atom stereocenters. The molecule has 8 nitrogen and oxygen atoms in total. The van der Waals surface area contributed by atoms with Gasteiger partial charge in [-0.3, -0.25) is 16.8 Å². The zero-order valence-corrected chi connectivity index (χ0v) is 24.8. The molecule has 0 N–H and O–H groups in total. The summed E-state index contributed by atoms with van der Waals surface area (Å²) in [7, 11) is -10.3. The van der Waals surface area contributed by atoms with Crippen molar-refractivity contribution in [3.8, 4) is 0 Å². The van der Waals surface area contributed by atoms with Gasteiger partial charge >= 0.3 is 207 Å². The van der Waals surface area contributed by atoms with Crippen LogP contribution < -0.4 is 0 Å². The summed E-state index contributed by atoms with van der Waals surface area (Å²) in [6.07, 6.45) is 0. The van der Waals surface area contributed by atoms with Gasteiger partial charge in [0, 0.05) is 20.8 Å². The van der Waals surface area contributed by atoms with E-state index in [1.807, 2.05) is 0 Å². The third-order valence-corrected chi connectivity index (χ3v) is 0. The van der Waals surface area contributed by atoms with Gasteiger partial charge in [-0.1, -0.05) is 0 Å². The molecule has 0 aliphatic rings. The van der Waals surface area contributed by atoms with Crippen LogP contribution in [-0.4, -0.2) is 243 Å². The second kappa shape index (κ2) is 39.6. The van der Waals surface area contributed by atoms with Gasteiger partial charge in [-0.2, -0.15) is 0 Å². The predicted molar refractivity (Wildman–Crippen MR) is 88.3 cm³/mol. The second-order valence-corrected chi connectivity index (χ2v) is 2.45. The van der Waals surface area contributed by atoms with Crippen LogP contribution in [0.25, 0.3) is 0 Å². The summed E-state index contributed by atoms with van der Waals surface area (Å²) in [5, 5.41) is 0. The molecule has 0 aromatic rings. The van der Waals surface area contributed by atoms with Gasteiger partial charge in [-0.05, 0) is 0 Å². The van der Waals surface area contributed by atoms with Crippen molar-refractivity contribution < 1.29 is 55.0 Å². The van der Waals surface area contributed by atoms with Gasteiger partial charge in [0.25, 0.3) is 0 Å². The fraction of sp³-hybridized carbons (Fsp3) is 0. The molecule has 0 saturated heterocycles. The molecule has 92 valence electrons. The molecule has 0 unspecified atom stereocenters. The van der Waals surface area contributed by atoms with Gasteiger partial charge in [0.15, 0.2) is 0 Å². The molecule has 0 aromatic heterocycles. The molecule has 0 rings (SSSR count). The fourth-order valence-electron chi connectivity index (χ4n) is 0. The molecule has 0 fully saturated rings. The molecule has 0 radical (unpaired) electrons. The van der Waals surface area contributed by atoms with Crippen LogP contribution in [0.2, 0.25) is 0 Å². The average Bonchev–Trinajstić information content (AvgIpc) is 1.12. The van der Waals surface area contributed by atoms with Gasteiger partial charge in [0.1, 0.15) is 0 Å². The van der Waals surface area contributed by atoms with Crippen molar-refractivity contribution >= 4 is 228 Å². The molecular weight excluding hydrogens is 411 g/mol. The molecule has 0 amide bonds. The summed E-state index contributed by atoms with van der Waals surface area (Å²) in [5.74, 6) is 0. The van der Waals surface area contributed by atoms with E-state index in [-0.39, 0.29) is 227 Å². The van der Waals surface area contributed by atoms with Crippen molar-refractivity contribution in [1.82, 2.24) is 0 Å². The number of rotatable bonds is 0. The second-order valence-electron chi connectivity index (χ2n) is 0.816. The quantitative estimate of drug-likeness (QED) is 0.213. The Morgan fingerprint density at radius 2 is 0.421 bits per heavy atom. The Labute approximate surface area is 278 Å². The molecule has 0 aromatic carbocycles. The number of hydrogen-bond donors (Lipinski definition) is 0. The zero-order chi connectivity index (χ0) is 9.00. The first-order valence-corrected chi connectivity index (χ1v) is 4.00. The molecule has 0 aliphatic carbocycles. The molecule has 0 heterocycles. The van der Waals surface area contributed by atoms with Crippen LogP contribution in [0, 0.1) is 0 Å². The molecule has 0 saturated carbocycles. The minimum absolute atomic E-state index is 0. The Kier molecular flexibility index (Phi) is 151. The Hall–Kier alpha value is 6.64. The van der Waals surface area contributed by atoms with Crippen molar-refractivity contribution in [3.63, 3.8) is 0 Å². The minimum Gasteiger partial charge on any atom is -1.00 e. The monoisotopic (exact) mass is 422 g/mol. The van der Waals surface area contributed by atoms with Crippen LogP contribution in [0.3, 0.4) is 0 Å². The van der Waals surface area contributed by atoms with Gasteiger partial charge < -0.3 is 38.2 Å². The maximum atomic E-state index is 8.52. The molecule has 0 aliphatic heterocycles. The van der Waals surface area contributed by atoms with Gasteiger partial charge in [-0.25, -0.2) is 0 Å². The minimum atomic E-state index is -5.17. The molecular formula is H14Mg9O8S2. The smallest absolute Gasteiger partial charge is 1.00 e. The summed E-state index contributed by atoms with van der Waals surface area (Å²) in [6, 6.07) is 0. The third kappa shape index (κ3) is 287. The van der Waals surface area contributed by atoms with E-state index < -0.39 is 20.8 Å². The van der Waals surface area contributed by atoms with E-state index in [2.05, 4.69) is 0 Å². The first kappa shape index (κ1) is 72.6. The Morgan fingerprint density at radius 3 is 0.421 bits per heavy atom. The van der Waals surface area contributed by atoms with E-state index in [0.717, 1.165) is 0 Å². The van der Waals surface area contributed by atoms with Crippen molar-refractivity contribution in [2.45, 2.75) is 0 Å². The van der Waals surface area contributed by atoms with Gasteiger partial charge in [-0.15, -0.1) is 0 Å². The summed E-state index contributed by atoms with van der Waals surface area (Å²) < 4.78 is 68.2. The van der Waals surface area contributed by atoms with Crippen LogP contribution in [0.5, 0.6) is 0 Å². The Morgan fingerprint density at radius 1 is 0.421 bits per heavy atom. The van der Waals surface area contributed by atoms with Crippen molar-refractivity contribution in [1.29, 1.82) is 0 Å². The predicted octanol–water partition coefficient (Wildman–Crippen LogP) is -4.53. The summed E-state index contributed by atoms with van der Waals surface area (Å²) in [5.41, 5.74) is 0. The maximum absolute atomic E-state index is 8.52. The van der Waals surface area contributed by atoms with Crippen LogP contribution in [0.1, 0.15) is 20.0 Å². The van der Waals surface area contributed by atoms with E-state index in [0.29, 0.717) is 0 Å². The van der Waals surface area contributed by atoms with E-state index in [1.165, 1.54) is 0 Å². The standard InChI is InChI=1S/9Mg.2H2O4S.14H/c;;;;;;;;;2*1-5(2,3)4;;;;;;;;;;;;;;/h;;;;;;;;;2*(H2,1,2,3,4);;;;;;;;;;;;;;/q9*+2;;;14*-1/p-4. The normalized spacial score (nSPS) is 6.11. The molecule has 0 bridgehead atoms. The average molecular weight is 425 g/mol.